The molecule has 1 rings (SSSR count). The van der Waals surface area contributed by atoms with Crippen LogP contribution in [0, 0.1) is 0 Å². The maximum absolute atomic E-state index is 4.85. The summed E-state index contributed by atoms with van der Waals surface area (Å²) < 4.78 is 9.69. The molecule has 0 aliphatic carbocycles. The van der Waals surface area contributed by atoms with Gasteiger partial charge in [-0.3, -0.25) is 0 Å². The Morgan fingerprint density at radius 3 is 1.83 bits per heavy atom. The van der Waals surface area contributed by atoms with E-state index in [4.69, 9.17) is 9.47 Å². The minimum absolute atomic E-state index is 0.500. The third-order valence-electron chi connectivity index (χ3n) is 0.744. The van der Waals surface area contributed by atoms with E-state index in [9.17, 15) is 0 Å². The molecule has 1 saturated heterocycles. The van der Waals surface area contributed by atoms with Crippen molar-refractivity contribution in [1.29, 1.82) is 0 Å². The average molecular weight is 88.1 g/mol. The van der Waals surface area contributed by atoms with Gasteiger partial charge in [-0.2, -0.15) is 0 Å². The Bertz CT molecular complexity index is 21.0. The first-order valence-electron chi connectivity index (χ1n) is 2.15. The molecule has 0 aromatic rings. The van der Waals surface area contributed by atoms with Gasteiger partial charge in [0, 0.05) is 0 Å². The molecule has 6 heavy (non-hydrogen) atoms. The summed E-state index contributed by atoms with van der Waals surface area (Å²) in [6.07, 6.45) is 1.06. The van der Waals surface area contributed by atoms with Crippen LogP contribution in [-0.4, -0.2) is 20.0 Å². The van der Waals surface area contributed by atoms with Crippen LogP contribution in [0.4, 0.5) is 0 Å². The van der Waals surface area contributed by atoms with E-state index in [-0.39, 0.29) is 0 Å². The summed E-state index contributed by atoms with van der Waals surface area (Å²) in [6.45, 7) is 2.25. The molecule has 1 fully saturated rings. The molecule has 0 spiro atoms. The van der Waals surface area contributed by atoms with Crippen molar-refractivity contribution in [3.05, 3.63) is 0 Å². The summed E-state index contributed by atoms with van der Waals surface area (Å²) in [4.78, 5) is 0. The van der Waals surface area contributed by atoms with Crippen molar-refractivity contribution < 1.29 is 9.47 Å². The number of hydrogen-bond donors (Lipinski definition) is 0. The Hall–Kier alpha value is -0.0800. The largest absolute Gasteiger partial charge is 0.355 e. The first-order chi connectivity index (χ1) is 3.00. The molecular formula is C4H8O2. The van der Waals surface area contributed by atoms with Crippen LogP contribution in [0.2, 0.25) is 0 Å². The van der Waals surface area contributed by atoms with Crippen LogP contribution in [0.15, 0.2) is 0 Å². The van der Waals surface area contributed by atoms with Gasteiger partial charge in [-0.25, -0.2) is 0 Å². The fourth-order valence-electron chi connectivity index (χ4n) is 0.440. The summed E-state index contributed by atoms with van der Waals surface area (Å²) in [5.74, 6) is 0. The molecule has 0 saturated carbocycles. The van der Waals surface area contributed by atoms with Crippen LogP contribution in [0.25, 0.3) is 0 Å². The van der Waals surface area contributed by atoms with E-state index in [1.807, 2.05) is 0 Å². The van der Waals surface area contributed by atoms with Gasteiger partial charge in [0.05, 0.1) is 13.2 Å². The Labute approximate surface area is 37.1 Å². The van der Waals surface area contributed by atoms with Crippen molar-refractivity contribution in [2.24, 2.45) is 0 Å². The molecule has 1 heterocycles. The van der Waals surface area contributed by atoms with Gasteiger partial charge in [0.15, 0.2) is 0 Å². The van der Waals surface area contributed by atoms with Crippen LogP contribution in [0.3, 0.4) is 0 Å². The van der Waals surface area contributed by atoms with Crippen LogP contribution in [0.1, 0.15) is 6.42 Å². The van der Waals surface area contributed by atoms with Crippen LogP contribution in [0.5, 0.6) is 0 Å². The lowest BCUT2D eigenvalue weighted by molar-refractivity contribution is -0.0963. The fraction of sp³-hybridized carbons (Fsp3) is 1.00. The van der Waals surface area contributed by atoms with Gasteiger partial charge in [-0.1, -0.05) is 0 Å². The van der Waals surface area contributed by atoms with Crippen molar-refractivity contribution in [2.75, 3.05) is 20.0 Å². The molecule has 0 unspecified atom stereocenters. The second-order valence-corrected chi connectivity index (χ2v) is 1.29. The van der Waals surface area contributed by atoms with Crippen molar-refractivity contribution >= 4 is 0 Å². The molecular weight excluding hydrogens is 80.0 g/mol. The standard InChI is InChI=1S/C4H8O2/c1-2-5-4-6-3-1/h1-4H2. The van der Waals surface area contributed by atoms with Crippen LogP contribution in [-0.2, 0) is 9.47 Å². The molecule has 0 N–H and O–H groups in total. The highest BCUT2D eigenvalue weighted by Crippen LogP contribution is 1.91. The lowest BCUT2D eigenvalue weighted by Gasteiger charge is -2.09. The monoisotopic (exact) mass is 88.1 g/mol. The quantitative estimate of drug-likeness (QED) is 0.426. The molecule has 36 valence electrons. The Morgan fingerprint density at radius 2 is 1.67 bits per heavy atom. The van der Waals surface area contributed by atoms with E-state index in [2.05, 4.69) is 0 Å². The highest BCUT2D eigenvalue weighted by molar-refractivity contribution is 4.34. The summed E-state index contributed by atoms with van der Waals surface area (Å²) in [7, 11) is 0. The van der Waals surface area contributed by atoms with E-state index in [0.717, 1.165) is 19.6 Å². The average Bonchev–Trinajstić information content (AvgIpc) is 1.72. The van der Waals surface area contributed by atoms with Gasteiger partial charge in [0.25, 0.3) is 0 Å². The lowest BCUT2D eigenvalue weighted by atomic mass is 10.5. The van der Waals surface area contributed by atoms with E-state index in [1.54, 1.807) is 0 Å². The number of hydrogen-bond acceptors (Lipinski definition) is 2. The Balaban J connectivity index is 2.00. The SMILES string of the molecule is C1COCOC1. The van der Waals surface area contributed by atoms with E-state index in [1.165, 1.54) is 0 Å². The van der Waals surface area contributed by atoms with Crippen molar-refractivity contribution in [3.63, 3.8) is 0 Å². The lowest BCUT2D eigenvalue weighted by Crippen LogP contribution is -2.11. The molecule has 2 heteroatoms. The van der Waals surface area contributed by atoms with Crippen molar-refractivity contribution in [1.82, 2.24) is 0 Å². The molecule has 0 bridgehead atoms. The molecule has 1 aliphatic rings. The maximum Gasteiger partial charge on any atom is 0.146 e. The second-order valence-electron chi connectivity index (χ2n) is 1.29. The molecule has 0 radical (unpaired) electrons. The van der Waals surface area contributed by atoms with Crippen LogP contribution >= 0.6 is 0 Å². The normalized spacial score (nSPS) is 24.0. The minimum atomic E-state index is 0.500. The first kappa shape index (κ1) is 4.09. The zero-order valence-electron chi connectivity index (χ0n) is 3.64. The van der Waals surface area contributed by atoms with Gasteiger partial charge in [0.1, 0.15) is 6.79 Å². The van der Waals surface area contributed by atoms with E-state index in [0.29, 0.717) is 6.79 Å². The Kier molecular flexibility index (Phi) is 1.47. The Morgan fingerprint density at radius 1 is 1.00 bits per heavy atom. The van der Waals surface area contributed by atoms with Crippen LogP contribution < -0.4 is 0 Å². The summed E-state index contributed by atoms with van der Waals surface area (Å²) in [5, 5.41) is 0. The summed E-state index contributed by atoms with van der Waals surface area (Å²) in [5.41, 5.74) is 0. The number of rotatable bonds is 0. The van der Waals surface area contributed by atoms with Crippen molar-refractivity contribution in [2.45, 2.75) is 6.42 Å². The predicted octanol–water partition coefficient (Wildman–Crippen LogP) is 0.381. The van der Waals surface area contributed by atoms with Gasteiger partial charge in [-0.05, 0) is 6.42 Å². The highest BCUT2D eigenvalue weighted by atomic mass is 16.7. The second kappa shape index (κ2) is 2.16. The highest BCUT2D eigenvalue weighted by Gasteiger charge is 1.94. The van der Waals surface area contributed by atoms with Gasteiger partial charge < -0.3 is 9.47 Å². The molecule has 0 amide bonds. The molecule has 0 aromatic heterocycles. The zero-order chi connectivity index (χ0) is 4.24. The predicted molar refractivity (Wildman–Crippen MR) is 21.4 cm³/mol. The van der Waals surface area contributed by atoms with Gasteiger partial charge >= 0.3 is 0 Å². The third-order valence-corrected chi connectivity index (χ3v) is 0.744. The van der Waals surface area contributed by atoms with Gasteiger partial charge in [0.2, 0.25) is 0 Å². The summed E-state index contributed by atoms with van der Waals surface area (Å²) >= 11 is 0. The van der Waals surface area contributed by atoms with Gasteiger partial charge in [-0.15, -0.1) is 0 Å². The van der Waals surface area contributed by atoms with E-state index >= 15 is 0 Å². The fourth-order valence-corrected chi connectivity index (χ4v) is 0.440. The zero-order valence-corrected chi connectivity index (χ0v) is 3.64. The number of ether oxygens (including phenoxy) is 2. The van der Waals surface area contributed by atoms with Crippen molar-refractivity contribution in [3.8, 4) is 0 Å². The smallest absolute Gasteiger partial charge is 0.146 e. The molecule has 1 aliphatic heterocycles. The minimum Gasteiger partial charge on any atom is -0.355 e. The topological polar surface area (TPSA) is 18.5 Å². The maximum atomic E-state index is 4.85. The molecule has 0 atom stereocenters. The van der Waals surface area contributed by atoms with E-state index < -0.39 is 0 Å². The third kappa shape index (κ3) is 0.954. The summed E-state index contributed by atoms with van der Waals surface area (Å²) in [6, 6.07) is 0. The molecule has 0 aromatic carbocycles. The molecule has 2 nitrogen and oxygen atoms in total. The first-order valence-corrected chi connectivity index (χ1v) is 2.15.